The molecule has 1 fully saturated rings. The Balaban J connectivity index is 2.52. The third kappa shape index (κ3) is 5.63. The summed E-state index contributed by atoms with van der Waals surface area (Å²) in [5.74, 6) is -0.535. The number of carbonyl (C=O) groups is 3. The number of hydrogen-bond donors (Lipinski definition) is 1. The van der Waals surface area contributed by atoms with Crippen LogP contribution in [0.25, 0.3) is 0 Å². The summed E-state index contributed by atoms with van der Waals surface area (Å²) in [6.45, 7) is 4.87. The minimum absolute atomic E-state index is 0.00341. The van der Waals surface area contributed by atoms with Gasteiger partial charge in [-0.2, -0.15) is 0 Å². The summed E-state index contributed by atoms with van der Waals surface area (Å²) in [7, 11) is 3.02. The molecule has 0 aromatic rings. The van der Waals surface area contributed by atoms with Gasteiger partial charge in [-0.1, -0.05) is 0 Å². The molecule has 0 aromatic heterocycles. The lowest BCUT2D eigenvalue weighted by atomic mass is 9.96. The first-order valence-electron chi connectivity index (χ1n) is 7.66. The van der Waals surface area contributed by atoms with E-state index in [0.717, 1.165) is 12.8 Å². The fraction of sp³-hybridized carbons (Fsp3) is 0.800. The molecule has 0 radical (unpaired) electrons. The summed E-state index contributed by atoms with van der Waals surface area (Å²) >= 11 is 0. The normalized spacial score (nSPS) is 18.2. The number of nitrogens with one attached hydrogen (secondary N) is 1. The minimum atomic E-state index is -0.234. The zero-order valence-electron chi connectivity index (χ0n) is 13.9. The van der Waals surface area contributed by atoms with Crippen molar-refractivity contribution in [3.05, 3.63) is 0 Å². The number of likely N-dealkylation sites (tertiary alicyclic amines) is 1. The summed E-state index contributed by atoms with van der Waals surface area (Å²) in [4.78, 5) is 39.0. The summed E-state index contributed by atoms with van der Waals surface area (Å²) in [6, 6.07) is 0.0939. The van der Waals surface area contributed by atoms with E-state index >= 15 is 0 Å². The number of amides is 3. The quantitative estimate of drug-likeness (QED) is 0.740. The lowest BCUT2D eigenvalue weighted by Crippen LogP contribution is -2.49. The van der Waals surface area contributed by atoms with E-state index in [-0.39, 0.29) is 42.8 Å². The monoisotopic (exact) mass is 313 g/mol. The number of methoxy groups -OCH3 is 1. The molecule has 22 heavy (non-hydrogen) atoms. The molecule has 1 atom stereocenters. The van der Waals surface area contributed by atoms with Crippen molar-refractivity contribution in [2.75, 3.05) is 40.4 Å². The third-order valence-electron chi connectivity index (χ3n) is 3.64. The lowest BCUT2D eigenvalue weighted by molar-refractivity contribution is -0.143. The third-order valence-corrected chi connectivity index (χ3v) is 3.64. The molecule has 1 rings (SSSR count). The van der Waals surface area contributed by atoms with Gasteiger partial charge in [0, 0.05) is 33.3 Å². The highest BCUT2D eigenvalue weighted by Gasteiger charge is 2.29. The van der Waals surface area contributed by atoms with Crippen molar-refractivity contribution in [3.8, 4) is 0 Å². The van der Waals surface area contributed by atoms with Crippen molar-refractivity contribution in [1.29, 1.82) is 0 Å². The predicted octanol–water partition coefficient (Wildman–Crippen LogP) is -0.146. The van der Waals surface area contributed by atoms with Crippen molar-refractivity contribution in [3.63, 3.8) is 0 Å². The standard InChI is InChI=1S/C15H27N3O4/c1-11(2)16-15(21)12-6-5-7-18(8-12)13(19)9-17(3)14(20)10-22-4/h11-12H,5-10H2,1-4H3,(H,16,21)/t12-/m0/s1. The maximum absolute atomic E-state index is 12.3. The van der Waals surface area contributed by atoms with E-state index in [1.165, 1.54) is 12.0 Å². The van der Waals surface area contributed by atoms with Gasteiger partial charge in [0.2, 0.25) is 17.7 Å². The molecule has 0 spiro atoms. The van der Waals surface area contributed by atoms with Gasteiger partial charge in [-0.25, -0.2) is 0 Å². The van der Waals surface area contributed by atoms with Gasteiger partial charge in [-0.3, -0.25) is 14.4 Å². The zero-order chi connectivity index (χ0) is 16.7. The van der Waals surface area contributed by atoms with Crippen molar-refractivity contribution < 1.29 is 19.1 Å². The van der Waals surface area contributed by atoms with Crippen LogP contribution >= 0.6 is 0 Å². The van der Waals surface area contributed by atoms with Crippen LogP contribution in [0.15, 0.2) is 0 Å². The SMILES string of the molecule is COCC(=O)N(C)CC(=O)N1CCC[C@H](C(=O)NC(C)C)C1. The molecule has 1 saturated heterocycles. The minimum Gasteiger partial charge on any atom is -0.375 e. The van der Waals surface area contributed by atoms with Crippen LogP contribution in [0.3, 0.4) is 0 Å². The number of rotatable bonds is 6. The van der Waals surface area contributed by atoms with Gasteiger partial charge in [0.1, 0.15) is 6.61 Å². The molecule has 0 aromatic carbocycles. The summed E-state index contributed by atoms with van der Waals surface area (Å²) in [5.41, 5.74) is 0. The first-order valence-corrected chi connectivity index (χ1v) is 7.66. The van der Waals surface area contributed by atoms with Gasteiger partial charge < -0.3 is 19.9 Å². The van der Waals surface area contributed by atoms with E-state index < -0.39 is 0 Å². The molecule has 1 aliphatic rings. The summed E-state index contributed by atoms with van der Waals surface area (Å²) < 4.78 is 4.77. The maximum atomic E-state index is 12.3. The van der Waals surface area contributed by atoms with E-state index in [4.69, 9.17) is 4.74 Å². The fourth-order valence-corrected chi connectivity index (χ4v) is 2.44. The molecule has 0 aliphatic carbocycles. The van der Waals surface area contributed by atoms with Crippen molar-refractivity contribution in [1.82, 2.24) is 15.1 Å². The predicted molar refractivity (Wildman–Crippen MR) is 82.1 cm³/mol. The molecule has 0 bridgehead atoms. The summed E-state index contributed by atoms with van der Waals surface area (Å²) in [5, 5.41) is 2.89. The number of nitrogens with zero attached hydrogens (tertiary/aromatic N) is 2. The highest BCUT2D eigenvalue weighted by atomic mass is 16.5. The zero-order valence-corrected chi connectivity index (χ0v) is 13.9. The van der Waals surface area contributed by atoms with Crippen molar-refractivity contribution >= 4 is 17.7 Å². The fourth-order valence-electron chi connectivity index (χ4n) is 2.44. The Morgan fingerprint density at radius 2 is 2.05 bits per heavy atom. The van der Waals surface area contributed by atoms with E-state index in [0.29, 0.717) is 13.1 Å². The molecule has 1 N–H and O–H groups in total. The van der Waals surface area contributed by atoms with E-state index in [9.17, 15) is 14.4 Å². The number of piperidine rings is 1. The van der Waals surface area contributed by atoms with Crippen LogP contribution in [0.5, 0.6) is 0 Å². The second kappa shape index (κ2) is 8.73. The molecular weight excluding hydrogens is 286 g/mol. The second-order valence-electron chi connectivity index (χ2n) is 6.03. The molecule has 0 unspecified atom stereocenters. The molecule has 1 heterocycles. The van der Waals surface area contributed by atoms with Crippen LogP contribution in [0.2, 0.25) is 0 Å². The number of ether oxygens (including phenoxy) is 1. The number of carbonyl (C=O) groups excluding carboxylic acids is 3. The Hall–Kier alpha value is -1.63. The number of hydrogen-bond acceptors (Lipinski definition) is 4. The van der Waals surface area contributed by atoms with Crippen LogP contribution in [-0.4, -0.2) is 74.0 Å². The van der Waals surface area contributed by atoms with Gasteiger partial charge in [0.15, 0.2) is 0 Å². The molecular formula is C15H27N3O4. The molecule has 7 heteroatoms. The molecule has 7 nitrogen and oxygen atoms in total. The van der Waals surface area contributed by atoms with Gasteiger partial charge in [-0.05, 0) is 26.7 Å². The van der Waals surface area contributed by atoms with Crippen LogP contribution in [-0.2, 0) is 19.1 Å². The van der Waals surface area contributed by atoms with Crippen LogP contribution < -0.4 is 5.32 Å². The number of likely N-dealkylation sites (N-methyl/N-ethyl adjacent to an activating group) is 1. The Labute approximate surface area is 132 Å². The van der Waals surface area contributed by atoms with Crippen LogP contribution in [0.4, 0.5) is 0 Å². The lowest BCUT2D eigenvalue weighted by Gasteiger charge is -2.33. The van der Waals surface area contributed by atoms with Gasteiger partial charge >= 0.3 is 0 Å². The maximum Gasteiger partial charge on any atom is 0.248 e. The van der Waals surface area contributed by atoms with Crippen LogP contribution in [0, 0.1) is 5.92 Å². The Morgan fingerprint density at radius 3 is 2.64 bits per heavy atom. The van der Waals surface area contributed by atoms with Gasteiger partial charge in [0.05, 0.1) is 12.5 Å². The molecule has 1 aliphatic heterocycles. The first-order chi connectivity index (χ1) is 10.3. The van der Waals surface area contributed by atoms with E-state index in [1.54, 1.807) is 11.9 Å². The van der Waals surface area contributed by atoms with E-state index in [2.05, 4.69) is 5.32 Å². The average Bonchev–Trinajstić information content (AvgIpc) is 2.46. The summed E-state index contributed by atoms with van der Waals surface area (Å²) in [6.07, 6.45) is 1.60. The van der Waals surface area contributed by atoms with Gasteiger partial charge in [0.25, 0.3) is 0 Å². The molecule has 3 amide bonds. The van der Waals surface area contributed by atoms with Gasteiger partial charge in [-0.15, -0.1) is 0 Å². The topological polar surface area (TPSA) is 79.0 Å². The average molecular weight is 313 g/mol. The Morgan fingerprint density at radius 1 is 1.36 bits per heavy atom. The molecule has 126 valence electrons. The largest absolute Gasteiger partial charge is 0.375 e. The smallest absolute Gasteiger partial charge is 0.248 e. The van der Waals surface area contributed by atoms with E-state index in [1.807, 2.05) is 13.8 Å². The van der Waals surface area contributed by atoms with Crippen molar-refractivity contribution in [2.24, 2.45) is 5.92 Å². The highest BCUT2D eigenvalue weighted by Crippen LogP contribution is 2.17. The second-order valence-corrected chi connectivity index (χ2v) is 6.03. The highest BCUT2D eigenvalue weighted by molar-refractivity contribution is 5.86. The molecule has 0 saturated carbocycles. The van der Waals surface area contributed by atoms with Crippen LogP contribution in [0.1, 0.15) is 26.7 Å². The first kappa shape index (κ1) is 18.4. The Kier molecular flexibility index (Phi) is 7.31. The van der Waals surface area contributed by atoms with Crippen molar-refractivity contribution in [2.45, 2.75) is 32.7 Å². The Bertz CT molecular complexity index is 412.